The summed E-state index contributed by atoms with van der Waals surface area (Å²) in [6, 6.07) is 19.6. The predicted molar refractivity (Wildman–Crippen MR) is 114 cm³/mol. The summed E-state index contributed by atoms with van der Waals surface area (Å²) < 4.78 is 0. The monoisotopic (exact) mass is 407 g/mol. The molecule has 138 valence electrons. The van der Waals surface area contributed by atoms with Crippen molar-refractivity contribution >= 4 is 52.4 Å². The van der Waals surface area contributed by atoms with Gasteiger partial charge in [0.1, 0.15) is 0 Å². The minimum Gasteiger partial charge on any atom is -0.268 e. The molecular formula is C23H15Cl2NO2. The first-order valence-electron chi connectivity index (χ1n) is 8.68. The van der Waals surface area contributed by atoms with Crippen molar-refractivity contribution in [2.24, 2.45) is 0 Å². The molecule has 5 heteroatoms. The van der Waals surface area contributed by atoms with E-state index in [0.29, 0.717) is 38.0 Å². The zero-order valence-corrected chi connectivity index (χ0v) is 16.5. The molecule has 0 fully saturated rings. The van der Waals surface area contributed by atoms with Gasteiger partial charge < -0.3 is 0 Å². The van der Waals surface area contributed by atoms with E-state index in [1.54, 1.807) is 54.6 Å². The first kappa shape index (κ1) is 18.5. The molecule has 0 N–H and O–H groups in total. The number of fused-ring (bicyclic) bond motifs is 1. The Bertz CT molecular complexity index is 1150. The number of imide groups is 1. The van der Waals surface area contributed by atoms with Crippen molar-refractivity contribution in [2.45, 2.75) is 6.92 Å². The zero-order valence-electron chi connectivity index (χ0n) is 14.9. The molecule has 28 heavy (non-hydrogen) atoms. The van der Waals surface area contributed by atoms with Crippen LogP contribution < -0.4 is 4.90 Å². The van der Waals surface area contributed by atoms with Crippen LogP contribution in [0.5, 0.6) is 0 Å². The highest BCUT2D eigenvalue weighted by atomic mass is 35.5. The molecule has 0 radical (unpaired) electrons. The highest BCUT2D eigenvalue weighted by Gasteiger charge is 2.35. The lowest BCUT2D eigenvalue weighted by Crippen LogP contribution is -2.41. The van der Waals surface area contributed by atoms with Gasteiger partial charge in [-0.3, -0.25) is 9.59 Å². The van der Waals surface area contributed by atoms with Gasteiger partial charge in [-0.2, -0.15) is 0 Å². The van der Waals surface area contributed by atoms with Crippen LogP contribution in [-0.4, -0.2) is 11.8 Å². The molecule has 0 aromatic heterocycles. The molecule has 3 nitrogen and oxygen atoms in total. The summed E-state index contributed by atoms with van der Waals surface area (Å²) in [6.07, 6.45) is 1.69. The van der Waals surface area contributed by atoms with Crippen molar-refractivity contribution in [1.82, 2.24) is 0 Å². The topological polar surface area (TPSA) is 37.4 Å². The molecule has 0 saturated heterocycles. The maximum Gasteiger partial charge on any atom is 0.265 e. The molecule has 0 unspecified atom stereocenters. The minimum atomic E-state index is -0.398. The summed E-state index contributed by atoms with van der Waals surface area (Å²) in [4.78, 5) is 27.7. The average Bonchev–Trinajstić information content (AvgIpc) is 2.68. The fourth-order valence-corrected chi connectivity index (χ4v) is 3.64. The number of amides is 2. The quantitative estimate of drug-likeness (QED) is 0.384. The third-order valence-corrected chi connectivity index (χ3v) is 5.46. The predicted octanol–water partition coefficient (Wildman–Crippen LogP) is 6.03. The molecule has 0 bridgehead atoms. The number of carbonyl (C=O) groups excluding carboxylic acids is 2. The fraction of sp³-hybridized carbons (Fsp3) is 0.0435. The molecule has 0 saturated carbocycles. The Morgan fingerprint density at radius 2 is 1.54 bits per heavy atom. The van der Waals surface area contributed by atoms with Crippen molar-refractivity contribution in [2.75, 3.05) is 4.90 Å². The van der Waals surface area contributed by atoms with Crippen molar-refractivity contribution < 1.29 is 9.59 Å². The lowest BCUT2D eigenvalue weighted by Gasteiger charge is -2.29. The maximum absolute atomic E-state index is 13.4. The first-order chi connectivity index (χ1) is 13.5. The molecule has 0 aliphatic carbocycles. The Labute approximate surface area is 172 Å². The van der Waals surface area contributed by atoms with Crippen LogP contribution in [0.1, 0.15) is 27.0 Å². The second-order valence-electron chi connectivity index (χ2n) is 6.53. The highest BCUT2D eigenvalue weighted by molar-refractivity contribution is 6.45. The first-order valence-corrected chi connectivity index (χ1v) is 9.43. The van der Waals surface area contributed by atoms with Crippen molar-refractivity contribution in [3.63, 3.8) is 0 Å². The van der Waals surface area contributed by atoms with Crippen molar-refractivity contribution in [3.05, 3.63) is 99.0 Å². The molecule has 4 rings (SSSR count). The average molecular weight is 408 g/mol. The number of aryl methyl sites for hydroxylation is 1. The van der Waals surface area contributed by atoms with E-state index in [-0.39, 0.29) is 5.91 Å². The van der Waals surface area contributed by atoms with Crippen LogP contribution in [0, 0.1) is 6.92 Å². The number of carbonyl (C=O) groups is 2. The molecule has 1 aliphatic heterocycles. The third-order valence-electron chi connectivity index (χ3n) is 4.63. The number of benzene rings is 3. The van der Waals surface area contributed by atoms with Crippen LogP contribution in [-0.2, 0) is 4.79 Å². The summed E-state index contributed by atoms with van der Waals surface area (Å²) in [7, 11) is 0. The standard InChI is InChI=1S/C23H15Cl2NO2/c1-14-6-4-8-16(12-14)26-22(27)18-10-3-2-9-17(18)19(23(26)28)13-15-7-5-11-20(24)21(15)25/h2-13H,1H3. The molecular weight excluding hydrogens is 393 g/mol. The van der Waals surface area contributed by atoms with Gasteiger partial charge in [0.2, 0.25) is 0 Å². The molecule has 3 aromatic rings. The van der Waals surface area contributed by atoms with Crippen LogP contribution >= 0.6 is 23.2 Å². The number of hydrogen-bond donors (Lipinski definition) is 0. The number of anilines is 1. The van der Waals surface area contributed by atoms with E-state index in [1.807, 2.05) is 25.1 Å². The number of rotatable bonds is 2. The highest BCUT2D eigenvalue weighted by Crippen LogP contribution is 2.35. The normalized spacial score (nSPS) is 15.1. The van der Waals surface area contributed by atoms with E-state index < -0.39 is 5.91 Å². The van der Waals surface area contributed by atoms with E-state index in [1.165, 1.54) is 4.90 Å². The van der Waals surface area contributed by atoms with Crippen LogP contribution in [0.4, 0.5) is 5.69 Å². The van der Waals surface area contributed by atoms with Gasteiger partial charge in [-0.05, 0) is 54.0 Å². The van der Waals surface area contributed by atoms with E-state index >= 15 is 0 Å². The Balaban J connectivity index is 1.94. The molecule has 3 aromatic carbocycles. The van der Waals surface area contributed by atoms with Crippen LogP contribution in [0.2, 0.25) is 10.0 Å². The molecule has 1 heterocycles. The molecule has 2 amide bonds. The fourth-order valence-electron chi connectivity index (χ4n) is 3.28. The SMILES string of the molecule is Cc1cccc(N2C(=O)C(=Cc3cccc(Cl)c3Cl)c3ccccc3C2=O)c1. The van der Waals surface area contributed by atoms with Crippen LogP contribution in [0.3, 0.4) is 0 Å². The Hall–Kier alpha value is -2.88. The van der Waals surface area contributed by atoms with Gasteiger partial charge in [0.15, 0.2) is 0 Å². The van der Waals surface area contributed by atoms with Crippen LogP contribution in [0.15, 0.2) is 66.7 Å². The number of hydrogen-bond acceptors (Lipinski definition) is 2. The van der Waals surface area contributed by atoms with E-state index in [0.717, 1.165) is 5.56 Å². The zero-order chi connectivity index (χ0) is 19.8. The Morgan fingerprint density at radius 3 is 2.29 bits per heavy atom. The van der Waals surface area contributed by atoms with E-state index in [2.05, 4.69) is 0 Å². The Kier molecular flexibility index (Phi) is 4.80. The molecule has 0 atom stereocenters. The van der Waals surface area contributed by atoms with Gasteiger partial charge in [0, 0.05) is 11.1 Å². The van der Waals surface area contributed by atoms with Crippen molar-refractivity contribution in [1.29, 1.82) is 0 Å². The lowest BCUT2D eigenvalue weighted by molar-refractivity contribution is -0.112. The van der Waals surface area contributed by atoms with Gasteiger partial charge in [0.25, 0.3) is 11.8 Å². The summed E-state index contributed by atoms with van der Waals surface area (Å²) in [5, 5.41) is 0.764. The molecule has 0 spiro atoms. The summed E-state index contributed by atoms with van der Waals surface area (Å²) in [5.41, 5.74) is 3.55. The van der Waals surface area contributed by atoms with Crippen molar-refractivity contribution in [3.8, 4) is 0 Å². The van der Waals surface area contributed by atoms with Gasteiger partial charge in [-0.25, -0.2) is 4.90 Å². The van der Waals surface area contributed by atoms with E-state index in [4.69, 9.17) is 23.2 Å². The molecule has 1 aliphatic rings. The second kappa shape index (κ2) is 7.27. The summed E-state index contributed by atoms with van der Waals surface area (Å²) in [6.45, 7) is 1.92. The smallest absolute Gasteiger partial charge is 0.265 e. The third kappa shape index (κ3) is 3.13. The number of nitrogens with zero attached hydrogens (tertiary/aromatic N) is 1. The Morgan fingerprint density at radius 1 is 0.821 bits per heavy atom. The van der Waals surface area contributed by atoms with Gasteiger partial charge in [-0.15, -0.1) is 0 Å². The van der Waals surface area contributed by atoms with E-state index in [9.17, 15) is 9.59 Å². The van der Waals surface area contributed by atoms with Gasteiger partial charge >= 0.3 is 0 Å². The summed E-state index contributed by atoms with van der Waals surface area (Å²) >= 11 is 12.4. The van der Waals surface area contributed by atoms with Crippen LogP contribution in [0.25, 0.3) is 11.6 Å². The largest absolute Gasteiger partial charge is 0.268 e. The second-order valence-corrected chi connectivity index (χ2v) is 7.32. The minimum absolute atomic E-state index is 0.347. The number of halogens is 2. The summed E-state index contributed by atoms with van der Waals surface area (Å²) in [5.74, 6) is -0.745. The van der Waals surface area contributed by atoms with Gasteiger partial charge in [-0.1, -0.05) is 65.7 Å². The lowest BCUT2D eigenvalue weighted by atomic mass is 9.91. The maximum atomic E-state index is 13.4. The van der Waals surface area contributed by atoms with Gasteiger partial charge in [0.05, 0.1) is 15.7 Å².